The molecule has 4 aromatic rings. The predicted octanol–water partition coefficient (Wildman–Crippen LogP) is 6.72. The third kappa shape index (κ3) is 4.06. The fraction of sp³-hybridized carbons (Fsp3) is 0.214. The van der Waals surface area contributed by atoms with Crippen LogP contribution in [0.2, 0.25) is 0 Å². The van der Waals surface area contributed by atoms with Gasteiger partial charge >= 0.3 is 0 Å². The largest absolute Gasteiger partial charge is 0.506 e. The Morgan fingerprint density at radius 1 is 1.00 bits per heavy atom. The van der Waals surface area contributed by atoms with Gasteiger partial charge in [-0.2, -0.15) is 11.8 Å². The van der Waals surface area contributed by atoms with Crippen molar-refractivity contribution in [3.63, 3.8) is 0 Å². The van der Waals surface area contributed by atoms with Crippen molar-refractivity contribution in [2.75, 3.05) is 0 Å². The second-order valence-corrected chi connectivity index (χ2v) is 10.4. The van der Waals surface area contributed by atoms with E-state index in [0.29, 0.717) is 22.4 Å². The number of hydrogen-bond acceptors (Lipinski definition) is 5. The zero-order valence-corrected chi connectivity index (χ0v) is 21.9. The summed E-state index contributed by atoms with van der Waals surface area (Å²) in [4.78, 5) is 9.63. The summed E-state index contributed by atoms with van der Waals surface area (Å²) >= 11 is 1.85. The first kappa shape index (κ1) is 23.1. The Hall–Kier alpha value is -2.62. The van der Waals surface area contributed by atoms with Crippen LogP contribution in [-0.4, -0.2) is 20.4 Å². The van der Waals surface area contributed by atoms with Gasteiger partial charge in [-0.3, -0.25) is 0 Å². The van der Waals surface area contributed by atoms with E-state index in [4.69, 9.17) is 9.73 Å². The van der Waals surface area contributed by atoms with Gasteiger partial charge in [0, 0.05) is 48.6 Å². The molecule has 1 aliphatic heterocycles. The Bertz CT molecular complexity index is 1420. The number of ether oxygens (including phenoxy) is 1. The molecule has 2 atom stereocenters. The number of rotatable bonds is 3. The molecule has 6 heteroatoms. The second-order valence-electron chi connectivity index (χ2n) is 9.31. The Labute approximate surface area is 217 Å². The zero-order chi connectivity index (χ0) is 22.6. The van der Waals surface area contributed by atoms with Crippen LogP contribution in [0.4, 0.5) is 0 Å². The summed E-state index contributed by atoms with van der Waals surface area (Å²) in [6.07, 6.45) is 1.06. The number of benzene rings is 3. The summed E-state index contributed by atoms with van der Waals surface area (Å²) in [7, 11) is 0. The molecule has 3 aromatic carbocycles. The van der Waals surface area contributed by atoms with Crippen molar-refractivity contribution >= 4 is 27.7 Å². The van der Waals surface area contributed by atoms with Gasteiger partial charge in [0.05, 0.1) is 6.04 Å². The first-order valence-electron chi connectivity index (χ1n) is 11.1. The van der Waals surface area contributed by atoms with Crippen LogP contribution in [0.25, 0.3) is 10.9 Å². The summed E-state index contributed by atoms with van der Waals surface area (Å²) in [5, 5.41) is 12.4. The number of fused-ring (bicyclic) bond motifs is 4. The molecule has 0 unspecified atom stereocenters. The van der Waals surface area contributed by atoms with Crippen LogP contribution in [0.5, 0.6) is 17.4 Å². The number of nitrogens with zero attached hydrogens (tertiary/aromatic N) is 2. The van der Waals surface area contributed by atoms with Crippen LogP contribution in [0, 0.1) is 11.5 Å². The molecule has 6 rings (SSSR count). The fourth-order valence-corrected chi connectivity index (χ4v) is 6.25. The minimum atomic E-state index is 0. The Kier molecular flexibility index (Phi) is 6.03. The summed E-state index contributed by atoms with van der Waals surface area (Å²) in [6, 6.07) is 27.1. The molecule has 1 aliphatic carbocycles. The van der Waals surface area contributed by atoms with Crippen molar-refractivity contribution in [2.24, 2.45) is 10.4 Å². The molecule has 34 heavy (non-hydrogen) atoms. The topological polar surface area (TPSA) is 54.7 Å². The van der Waals surface area contributed by atoms with Gasteiger partial charge in [0.2, 0.25) is 5.88 Å². The maximum absolute atomic E-state index is 10.1. The number of phenolic OH excluding ortho intramolecular Hbond substituents is 1. The first-order chi connectivity index (χ1) is 16.0. The number of para-hydroxylation sites is 1. The van der Waals surface area contributed by atoms with Gasteiger partial charge in [-0.1, -0.05) is 56.3 Å². The molecule has 0 amide bonds. The standard InChI is InChI=1S/C28H23N2O2S.Pt/c1-28(2)16-19-7-3-4-11-21(19)25-26(28)33-27(30-25)18-9-5-10-20(15-18)32-23-14-13-17-8-6-12-22(31)24(17)29-23;/h3-14,25-26,31H,16H2,1-2H3;/q-1;/t25-,26-;/m0./s1. The molecule has 1 aromatic heterocycles. The molecule has 2 heterocycles. The molecular weight excluding hydrogens is 623 g/mol. The molecule has 0 fully saturated rings. The maximum Gasteiger partial charge on any atom is 0.217 e. The molecule has 1 N–H and O–H groups in total. The third-order valence-corrected chi connectivity index (χ3v) is 8.16. The number of hydrogen-bond donors (Lipinski definition) is 1. The van der Waals surface area contributed by atoms with E-state index in [2.05, 4.69) is 49.2 Å². The first-order valence-corrected chi connectivity index (χ1v) is 12.0. The van der Waals surface area contributed by atoms with E-state index in [9.17, 15) is 5.11 Å². The normalized spacial score (nSPS) is 20.1. The van der Waals surface area contributed by atoms with Crippen molar-refractivity contribution in [3.8, 4) is 17.4 Å². The number of aromatic hydroxyl groups is 1. The average molecular weight is 647 g/mol. The monoisotopic (exact) mass is 646 g/mol. The Morgan fingerprint density at radius 3 is 2.71 bits per heavy atom. The van der Waals surface area contributed by atoms with E-state index in [0.717, 1.165) is 22.4 Å². The molecule has 2 aliphatic rings. The van der Waals surface area contributed by atoms with Crippen LogP contribution in [0.15, 0.2) is 77.8 Å². The minimum Gasteiger partial charge on any atom is -0.506 e. The summed E-state index contributed by atoms with van der Waals surface area (Å²) in [5.74, 6) is 1.13. The number of thioether (sulfide) groups is 1. The summed E-state index contributed by atoms with van der Waals surface area (Å²) in [5.41, 5.74) is 4.36. The van der Waals surface area contributed by atoms with Crippen LogP contribution in [0.1, 0.15) is 36.6 Å². The quantitative estimate of drug-likeness (QED) is 0.252. The van der Waals surface area contributed by atoms with E-state index in [1.54, 1.807) is 18.2 Å². The molecule has 4 nitrogen and oxygen atoms in total. The molecule has 0 saturated heterocycles. The summed E-state index contributed by atoms with van der Waals surface area (Å²) in [6.45, 7) is 4.69. The van der Waals surface area contributed by atoms with Crippen molar-refractivity contribution in [2.45, 2.75) is 31.6 Å². The van der Waals surface area contributed by atoms with Gasteiger partial charge in [0.15, 0.2) is 0 Å². The van der Waals surface area contributed by atoms with E-state index >= 15 is 0 Å². The number of pyridine rings is 1. The zero-order valence-electron chi connectivity index (χ0n) is 18.8. The number of aromatic nitrogens is 1. The number of aliphatic imine (C=N–C) groups is 1. The van der Waals surface area contributed by atoms with Gasteiger partial charge in [-0.15, -0.1) is 23.8 Å². The van der Waals surface area contributed by atoms with Gasteiger partial charge in [0.1, 0.15) is 11.3 Å². The molecule has 0 bridgehead atoms. The Morgan fingerprint density at radius 2 is 1.82 bits per heavy atom. The third-order valence-electron chi connectivity index (χ3n) is 6.46. The maximum atomic E-state index is 10.1. The van der Waals surface area contributed by atoms with E-state index < -0.39 is 0 Å². The number of phenols is 1. The second kappa shape index (κ2) is 8.87. The molecule has 0 radical (unpaired) electrons. The van der Waals surface area contributed by atoms with Gasteiger partial charge in [0.25, 0.3) is 0 Å². The van der Waals surface area contributed by atoms with Crippen molar-refractivity contribution in [1.29, 1.82) is 0 Å². The van der Waals surface area contributed by atoms with E-state index in [1.165, 1.54) is 11.1 Å². The summed E-state index contributed by atoms with van der Waals surface area (Å²) < 4.78 is 6.02. The van der Waals surface area contributed by atoms with Crippen molar-refractivity contribution in [3.05, 3.63) is 95.6 Å². The Balaban J connectivity index is 0.00000241. The van der Waals surface area contributed by atoms with Crippen molar-refractivity contribution in [1.82, 2.24) is 4.98 Å². The smallest absolute Gasteiger partial charge is 0.217 e. The van der Waals surface area contributed by atoms with Gasteiger partial charge in [-0.05, 0) is 35.1 Å². The van der Waals surface area contributed by atoms with E-state index in [-0.39, 0.29) is 38.3 Å². The van der Waals surface area contributed by atoms with Gasteiger partial charge < -0.3 is 14.8 Å². The van der Waals surface area contributed by atoms with Crippen LogP contribution in [0.3, 0.4) is 0 Å². The average Bonchev–Trinajstić information content (AvgIpc) is 3.27. The fourth-order valence-electron chi connectivity index (χ4n) is 4.85. The van der Waals surface area contributed by atoms with Gasteiger partial charge in [-0.25, -0.2) is 4.98 Å². The SMILES string of the molecule is CC1(C)Cc2ccccc2[C@@H]2N=C(c3[c-]c(Oc4ccc5cccc(O)c5n4)ccc3)S[C@@H]21.[Pt]. The predicted molar refractivity (Wildman–Crippen MR) is 133 cm³/mol. The van der Waals surface area contributed by atoms with Crippen LogP contribution in [-0.2, 0) is 27.5 Å². The molecular formula is C28H23N2O2PtS-. The molecule has 0 spiro atoms. The van der Waals surface area contributed by atoms with E-state index in [1.807, 2.05) is 42.1 Å². The van der Waals surface area contributed by atoms with Crippen LogP contribution >= 0.6 is 11.8 Å². The van der Waals surface area contributed by atoms with Crippen LogP contribution < -0.4 is 4.74 Å². The molecule has 174 valence electrons. The minimum absolute atomic E-state index is 0. The molecule has 0 saturated carbocycles. The van der Waals surface area contributed by atoms with Crippen molar-refractivity contribution < 1.29 is 30.9 Å².